The second-order valence-electron chi connectivity index (χ2n) is 10.0. The molecular formula is C27H30N6O2. The third kappa shape index (κ3) is 4.82. The summed E-state index contributed by atoms with van der Waals surface area (Å²) in [4.78, 5) is 17.5. The number of aryl methyl sites for hydroxylation is 1. The number of nitrogens with zero attached hydrogens (tertiary/aromatic N) is 4. The summed E-state index contributed by atoms with van der Waals surface area (Å²) in [6, 6.07) is 13.6. The average Bonchev–Trinajstić information content (AvgIpc) is 3.29. The van der Waals surface area contributed by atoms with Crippen molar-refractivity contribution in [3.05, 3.63) is 83.6 Å². The molecule has 8 heteroatoms. The number of aromatic nitrogens is 4. The Labute approximate surface area is 204 Å². The van der Waals surface area contributed by atoms with Crippen LogP contribution in [0.2, 0.25) is 0 Å². The van der Waals surface area contributed by atoms with Gasteiger partial charge in [0.15, 0.2) is 5.65 Å². The number of amides is 2. The summed E-state index contributed by atoms with van der Waals surface area (Å²) in [5.41, 5.74) is 5.47. The first-order valence-corrected chi connectivity index (χ1v) is 11.9. The van der Waals surface area contributed by atoms with Gasteiger partial charge in [0.05, 0.1) is 23.6 Å². The Morgan fingerprint density at radius 1 is 1.11 bits per heavy atom. The van der Waals surface area contributed by atoms with Gasteiger partial charge in [-0.2, -0.15) is 0 Å². The minimum Gasteiger partial charge on any atom is -0.484 e. The predicted molar refractivity (Wildman–Crippen MR) is 135 cm³/mol. The lowest BCUT2D eigenvalue weighted by molar-refractivity contribution is 0.171. The number of hydrogen-bond donors (Lipinski definition) is 2. The number of pyridine rings is 2. The van der Waals surface area contributed by atoms with E-state index in [1.54, 1.807) is 6.33 Å². The topological polar surface area (TPSA) is 93.4 Å². The highest BCUT2D eigenvalue weighted by Gasteiger charge is 2.29. The molecular weight excluding hydrogens is 440 g/mol. The first-order chi connectivity index (χ1) is 16.8. The fourth-order valence-electron chi connectivity index (χ4n) is 4.45. The maximum atomic E-state index is 13.0. The van der Waals surface area contributed by atoms with Crippen molar-refractivity contribution in [1.82, 2.24) is 24.9 Å². The van der Waals surface area contributed by atoms with Crippen molar-refractivity contribution >= 4 is 17.4 Å². The summed E-state index contributed by atoms with van der Waals surface area (Å²) in [5, 5.41) is 14.1. The number of ether oxygens (including phenoxy) is 1. The van der Waals surface area contributed by atoms with Gasteiger partial charge < -0.3 is 15.4 Å². The molecule has 5 rings (SSSR count). The summed E-state index contributed by atoms with van der Waals surface area (Å²) in [6.45, 7) is 8.29. The van der Waals surface area contributed by atoms with Crippen LogP contribution in [0.1, 0.15) is 68.1 Å². The van der Waals surface area contributed by atoms with Crippen molar-refractivity contribution in [3.8, 4) is 5.75 Å². The highest BCUT2D eigenvalue weighted by Crippen LogP contribution is 2.38. The number of nitrogens with one attached hydrogen (secondary N) is 2. The van der Waals surface area contributed by atoms with Crippen LogP contribution in [0.3, 0.4) is 0 Å². The highest BCUT2D eigenvalue weighted by molar-refractivity contribution is 5.90. The number of carbonyl (C=O) groups is 1. The van der Waals surface area contributed by atoms with E-state index in [2.05, 4.69) is 58.7 Å². The normalized spacial score (nSPS) is 17.6. The fraction of sp³-hybridized carbons (Fsp3) is 0.333. The molecule has 3 heterocycles. The van der Waals surface area contributed by atoms with Gasteiger partial charge >= 0.3 is 6.03 Å². The Balaban J connectivity index is 1.31. The first-order valence-electron chi connectivity index (χ1n) is 11.9. The van der Waals surface area contributed by atoms with Crippen molar-refractivity contribution in [2.45, 2.75) is 58.1 Å². The lowest BCUT2D eigenvalue weighted by atomic mass is 9.85. The molecule has 2 N–H and O–H groups in total. The van der Waals surface area contributed by atoms with Crippen LogP contribution in [0.4, 0.5) is 10.5 Å². The molecule has 1 aliphatic rings. The number of anilines is 1. The quantitative estimate of drug-likeness (QED) is 0.410. The number of hydrogen-bond acceptors (Lipinski definition) is 5. The summed E-state index contributed by atoms with van der Waals surface area (Å²) >= 11 is 0. The first kappa shape index (κ1) is 22.8. The Kier molecular flexibility index (Phi) is 5.88. The van der Waals surface area contributed by atoms with Gasteiger partial charge in [0, 0.05) is 6.20 Å². The van der Waals surface area contributed by atoms with Gasteiger partial charge in [-0.05, 0) is 60.1 Å². The van der Waals surface area contributed by atoms with Gasteiger partial charge in [0.1, 0.15) is 18.2 Å². The van der Waals surface area contributed by atoms with Crippen LogP contribution in [0.15, 0.2) is 61.2 Å². The molecule has 2 amide bonds. The van der Waals surface area contributed by atoms with Gasteiger partial charge in [-0.3, -0.25) is 9.38 Å². The van der Waals surface area contributed by atoms with Gasteiger partial charge in [-0.25, -0.2) is 4.79 Å². The van der Waals surface area contributed by atoms with Gasteiger partial charge in [0.25, 0.3) is 0 Å². The lowest BCUT2D eigenvalue weighted by Gasteiger charge is -2.32. The summed E-state index contributed by atoms with van der Waals surface area (Å²) < 4.78 is 8.19. The van der Waals surface area contributed by atoms with Crippen LogP contribution in [-0.2, 0) is 5.41 Å². The minimum absolute atomic E-state index is 0.0518. The Morgan fingerprint density at radius 3 is 2.71 bits per heavy atom. The Morgan fingerprint density at radius 2 is 1.91 bits per heavy atom. The zero-order chi connectivity index (χ0) is 24.6. The molecule has 0 fully saturated rings. The van der Waals surface area contributed by atoms with Crippen molar-refractivity contribution in [2.24, 2.45) is 0 Å². The van der Waals surface area contributed by atoms with Gasteiger partial charge in [0.2, 0.25) is 0 Å². The predicted octanol–water partition coefficient (Wildman–Crippen LogP) is 5.51. The molecule has 0 aliphatic heterocycles. The van der Waals surface area contributed by atoms with Crippen LogP contribution in [0, 0.1) is 6.92 Å². The average molecular weight is 471 g/mol. The zero-order valence-electron chi connectivity index (χ0n) is 20.4. The van der Waals surface area contributed by atoms with E-state index in [0.717, 1.165) is 52.3 Å². The number of urea groups is 1. The molecule has 0 saturated carbocycles. The largest absolute Gasteiger partial charge is 0.484 e. The van der Waals surface area contributed by atoms with Crippen molar-refractivity contribution in [2.75, 3.05) is 5.32 Å². The molecule has 2 unspecified atom stereocenters. The van der Waals surface area contributed by atoms with Gasteiger partial charge in [-0.1, -0.05) is 45.0 Å². The van der Waals surface area contributed by atoms with Crippen LogP contribution in [-0.4, -0.2) is 25.6 Å². The standard InChI is InChI=1S/C27H30N6O2/c1-17-23(13-18(14-28-17)27(2,3)4)31-26(34)30-22-10-11-24(21-8-6-5-7-20(21)22)35-19-9-12-25-32-29-16-33(25)15-19/h5-9,12-16,22,24H,10-11H2,1-4H3,(H2,30,31,34). The molecule has 4 aromatic rings. The molecule has 0 radical (unpaired) electrons. The molecule has 0 saturated heterocycles. The molecule has 8 nitrogen and oxygen atoms in total. The second-order valence-corrected chi connectivity index (χ2v) is 10.0. The zero-order valence-corrected chi connectivity index (χ0v) is 20.4. The second kappa shape index (κ2) is 9.02. The van der Waals surface area contributed by atoms with Crippen molar-refractivity contribution in [1.29, 1.82) is 0 Å². The van der Waals surface area contributed by atoms with Crippen LogP contribution < -0.4 is 15.4 Å². The van der Waals surface area contributed by atoms with E-state index < -0.39 is 0 Å². The molecule has 0 spiro atoms. The number of carbonyl (C=O) groups excluding carboxylic acids is 1. The number of fused-ring (bicyclic) bond motifs is 2. The van der Waals surface area contributed by atoms with Crippen molar-refractivity contribution < 1.29 is 9.53 Å². The minimum atomic E-state index is -0.238. The third-order valence-corrected chi connectivity index (χ3v) is 6.48. The van der Waals surface area contributed by atoms with E-state index in [1.807, 2.05) is 54.0 Å². The lowest BCUT2D eigenvalue weighted by Crippen LogP contribution is -2.35. The van der Waals surface area contributed by atoms with E-state index in [9.17, 15) is 4.79 Å². The molecule has 1 aliphatic carbocycles. The SMILES string of the molecule is Cc1ncc(C(C)(C)C)cc1NC(=O)NC1CCC(Oc2ccc3nncn3c2)c2ccccc21. The molecule has 2 atom stereocenters. The molecule has 0 bridgehead atoms. The summed E-state index contributed by atoms with van der Waals surface area (Å²) in [6.07, 6.45) is 6.86. The monoisotopic (exact) mass is 470 g/mol. The summed E-state index contributed by atoms with van der Waals surface area (Å²) in [5.74, 6) is 0.753. The molecule has 1 aromatic carbocycles. The van der Waals surface area contributed by atoms with Crippen LogP contribution in [0.25, 0.3) is 5.65 Å². The maximum Gasteiger partial charge on any atom is 0.319 e. The van der Waals surface area contributed by atoms with E-state index in [1.165, 1.54) is 0 Å². The fourth-order valence-corrected chi connectivity index (χ4v) is 4.45. The molecule has 3 aromatic heterocycles. The van der Waals surface area contributed by atoms with Gasteiger partial charge in [-0.15, -0.1) is 10.2 Å². The number of rotatable bonds is 4. The van der Waals surface area contributed by atoms with Crippen LogP contribution >= 0.6 is 0 Å². The summed E-state index contributed by atoms with van der Waals surface area (Å²) in [7, 11) is 0. The van der Waals surface area contributed by atoms with E-state index in [4.69, 9.17) is 4.74 Å². The molecule has 35 heavy (non-hydrogen) atoms. The molecule has 180 valence electrons. The van der Waals surface area contributed by atoms with E-state index in [0.29, 0.717) is 0 Å². The smallest absolute Gasteiger partial charge is 0.319 e. The maximum absolute atomic E-state index is 13.0. The van der Waals surface area contributed by atoms with E-state index in [-0.39, 0.29) is 23.6 Å². The Hall–Kier alpha value is -3.94. The number of benzene rings is 1. The van der Waals surface area contributed by atoms with Crippen molar-refractivity contribution in [3.63, 3.8) is 0 Å². The van der Waals surface area contributed by atoms with Crippen LogP contribution in [0.5, 0.6) is 5.75 Å². The van der Waals surface area contributed by atoms with E-state index >= 15 is 0 Å². The third-order valence-electron chi connectivity index (χ3n) is 6.48. The Bertz CT molecular complexity index is 1370. The highest BCUT2D eigenvalue weighted by atomic mass is 16.5.